The maximum Gasteiger partial charge on any atom is 0.452 e. The molecule has 0 radical (unpaired) electrons. The lowest BCUT2D eigenvalue weighted by Gasteiger charge is -2.23. The molecule has 0 aromatic rings. The lowest BCUT2D eigenvalue weighted by Crippen LogP contribution is -2.50. The molecule has 0 aromatic carbocycles. The van der Waals surface area contributed by atoms with E-state index in [-0.39, 0.29) is 38.6 Å². The van der Waals surface area contributed by atoms with Crippen molar-refractivity contribution in [3.63, 3.8) is 0 Å². The Morgan fingerprint density at radius 3 is 1.57 bits per heavy atom. The molecule has 8 heteroatoms. The molecule has 0 amide bonds. The predicted molar refractivity (Wildman–Crippen MR) is 78.1 cm³/mol. The topological polar surface area (TPSA) is 89.5 Å². The van der Waals surface area contributed by atoms with Crippen molar-refractivity contribution in [2.75, 3.05) is 26.4 Å². The number of carbonyl (C=O) groups is 2. The largest absolute Gasteiger partial charge is 0.457 e. The van der Waals surface area contributed by atoms with E-state index in [1.54, 1.807) is 0 Å². The van der Waals surface area contributed by atoms with Crippen molar-refractivity contribution in [3.8, 4) is 0 Å². The Balaban J connectivity index is 2.46. The number of hydrogen-bond donors (Lipinski definition) is 0. The van der Waals surface area contributed by atoms with Crippen LogP contribution in [0, 0.1) is 0 Å². The lowest BCUT2D eigenvalue weighted by molar-refractivity contribution is -0.218. The molecule has 1 heterocycles. The summed E-state index contributed by atoms with van der Waals surface area (Å²) in [5.41, 5.74) is 0. The first-order valence-corrected chi connectivity index (χ1v) is 7.46. The van der Waals surface area contributed by atoms with E-state index < -0.39 is 17.7 Å². The van der Waals surface area contributed by atoms with Crippen LogP contribution in [-0.2, 0) is 38.0 Å². The molecule has 0 saturated heterocycles. The molecular formula is C15H24O8. The van der Waals surface area contributed by atoms with E-state index in [9.17, 15) is 9.59 Å². The Morgan fingerprint density at radius 2 is 1.22 bits per heavy atom. The highest BCUT2D eigenvalue weighted by Crippen LogP contribution is 2.24. The van der Waals surface area contributed by atoms with Crippen LogP contribution in [0.15, 0.2) is 12.5 Å². The van der Waals surface area contributed by atoms with Gasteiger partial charge in [-0.25, -0.2) is 9.59 Å². The second kappa shape index (κ2) is 9.36. The molecule has 132 valence electrons. The van der Waals surface area contributed by atoms with Gasteiger partial charge in [0.1, 0.15) is 25.7 Å². The average molecular weight is 332 g/mol. The fraction of sp³-hybridized carbons (Fsp3) is 0.733. The summed E-state index contributed by atoms with van der Waals surface area (Å²) in [6.45, 7) is 7.75. The van der Waals surface area contributed by atoms with Gasteiger partial charge in [-0.15, -0.1) is 0 Å². The van der Waals surface area contributed by atoms with Crippen LogP contribution in [0.4, 0.5) is 0 Å². The van der Waals surface area contributed by atoms with Gasteiger partial charge in [-0.1, -0.05) is 0 Å². The van der Waals surface area contributed by atoms with Gasteiger partial charge < -0.3 is 28.4 Å². The standard InChI is InChI=1S/C15H24O8/c1-11(2)18-5-7-20-13(16)15(22-9-10-23-15)14(17)21-8-6-19-12(3)4/h9-12H,5-8H2,1-4H3. The lowest BCUT2D eigenvalue weighted by atomic mass is 10.3. The second-order valence-corrected chi connectivity index (χ2v) is 5.24. The molecule has 0 bridgehead atoms. The van der Waals surface area contributed by atoms with Crippen molar-refractivity contribution >= 4 is 11.9 Å². The fourth-order valence-electron chi connectivity index (χ4n) is 1.58. The third kappa shape index (κ3) is 6.07. The average Bonchev–Trinajstić information content (AvgIpc) is 2.98. The van der Waals surface area contributed by atoms with Gasteiger partial charge in [0, 0.05) is 0 Å². The zero-order valence-electron chi connectivity index (χ0n) is 13.9. The van der Waals surface area contributed by atoms with Gasteiger partial charge >= 0.3 is 17.7 Å². The highest BCUT2D eigenvalue weighted by molar-refractivity contribution is 6.02. The van der Waals surface area contributed by atoms with Crippen molar-refractivity contribution < 1.29 is 38.0 Å². The molecule has 0 atom stereocenters. The van der Waals surface area contributed by atoms with Crippen molar-refractivity contribution in [1.29, 1.82) is 0 Å². The van der Waals surface area contributed by atoms with Crippen LogP contribution in [-0.4, -0.2) is 56.4 Å². The maximum absolute atomic E-state index is 12.1. The van der Waals surface area contributed by atoms with Crippen molar-refractivity contribution in [1.82, 2.24) is 0 Å². The van der Waals surface area contributed by atoms with Crippen LogP contribution in [0.5, 0.6) is 0 Å². The van der Waals surface area contributed by atoms with E-state index in [1.165, 1.54) is 0 Å². The van der Waals surface area contributed by atoms with Crippen molar-refractivity contribution in [3.05, 3.63) is 12.5 Å². The minimum atomic E-state index is -2.25. The van der Waals surface area contributed by atoms with Gasteiger partial charge in [0.15, 0.2) is 0 Å². The second-order valence-electron chi connectivity index (χ2n) is 5.24. The molecule has 1 aliphatic heterocycles. The molecule has 0 aromatic heterocycles. The highest BCUT2D eigenvalue weighted by Gasteiger charge is 2.56. The Hall–Kier alpha value is -1.80. The Bertz CT molecular complexity index is 378. The van der Waals surface area contributed by atoms with Gasteiger partial charge in [-0.05, 0) is 27.7 Å². The molecule has 1 rings (SSSR count). The summed E-state index contributed by atoms with van der Waals surface area (Å²) in [4.78, 5) is 24.2. The van der Waals surface area contributed by atoms with Crippen LogP contribution < -0.4 is 0 Å². The van der Waals surface area contributed by atoms with E-state index in [0.717, 1.165) is 12.5 Å². The normalized spacial score (nSPS) is 15.4. The summed E-state index contributed by atoms with van der Waals surface area (Å²) in [5, 5.41) is 0. The van der Waals surface area contributed by atoms with Crippen LogP contribution in [0.25, 0.3) is 0 Å². The van der Waals surface area contributed by atoms with Crippen LogP contribution in [0.3, 0.4) is 0 Å². The van der Waals surface area contributed by atoms with Crippen LogP contribution in [0.1, 0.15) is 27.7 Å². The van der Waals surface area contributed by atoms with Crippen LogP contribution >= 0.6 is 0 Å². The first-order valence-electron chi connectivity index (χ1n) is 7.46. The molecule has 0 unspecified atom stereocenters. The van der Waals surface area contributed by atoms with E-state index in [1.807, 2.05) is 27.7 Å². The minimum Gasteiger partial charge on any atom is -0.457 e. The van der Waals surface area contributed by atoms with Crippen molar-refractivity contribution in [2.24, 2.45) is 0 Å². The number of carbonyl (C=O) groups excluding carboxylic acids is 2. The maximum atomic E-state index is 12.1. The van der Waals surface area contributed by atoms with Gasteiger partial charge in [0.25, 0.3) is 0 Å². The third-order valence-electron chi connectivity index (χ3n) is 2.60. The smallest absolute Gasteiger partial charge is 0.452 e. The summed E-state index contributed by atoms with van der Waals surface area (Å²) in [6, 6.07) is 0. The van der Waals surface area contributed by atoms with Gasteiger partial charge in [-0.2, -0.15) is 0 Å². The van der Waals surface area contributed by atoms with Crippen LogP contribution in [0.2, 0.25) is 0 Å². The SMILES string of the molecule is CC(C)OCCOC(=O)C1(C(=O)OCCOC(C)C)OC=CO1. The van der Waals surface area contributed by atoms with E-state index in [2.05, 4.69) is 0 Å². The zero-order chi connectivity index (χ0) is 17.3. The molecule has 0 aliphatic carbocycles. The summed E-state index contributed by atoms with van der Waals surface area (Å²) in [6.07, 6.45) is 2.18. The molecule has 1 aliphatic rings. The molecule has 8 nitrogen and oxygen atoms in total. The Kier molecular flexibility index (Phi) is 7.84. The van der Waals surface area contributed by atoms with E-state index in [4.69, 9.17) is 28.4 Å². The van der Waals surface area contributed by atoms with Gasteiger partial charge in [-0.3, -0.25) is 0 Å². The monoisotopic (exact) mass is 332 g/mol. The summed E-state index contributed by atoms with van der Waals surface area (Å²) in [7, 11) is 0. The number of hydrogen-bond acceptors (Lipinski definition) is 8. The molecule has 0 N–H and O–H groups in total. The quantitative estimate of drug-likeness (QED) is 0.334. The molecule has 23 heavy (non-hydrogen) atoms. The molecule has 0 fully saturated rings. The number of rotatable bonds is 10. The highest BCUT2D eigenvalue weighted by atomic mass is 16.8. The first-order chi connectivity index (χ1) is 10.9. The summed E-state index contributed by atoms with van der Waals surface area (Å²) < 4.78 is 30.4. The summed E-state index contributed by atoms with van der Waals surface area (Å²) >= 11 is 0. The summed E-state index contributed by atoms with van der Waals surface area (Å²) in [5.74, 6) is -4.25. The molecular weight excluding hydrogens is 308 g/mol. The Labute approximate surface area is 135 Å². The van der Waals surface area contributed by atoms with Gasteiger partial charge in [0.2, 0.25) is 0 Å². The Morgan fingerprint density at radius 1 is 0.826 bits per heavy atom. The molecule has 0 spiro atoms. The van der Waals surface area contributed by atoms with E-state index in [0.29, 0.717) is 0 Å². The van der Waals surface area contributed by atoms with E-state index >= 15 is 0 Å². The third-order valence-corrected chi connectivity index (χ3v) is 2.60. The number of ether oxygens (including phenoxy) is 6. The van der Waals surface area contributed by atoms with Gasteiger partial charge in [0.05, 0.1) is 25.4 Å². The van der Waals surface area contributed by atoms with Crippen molar-refractivity contribution in [2.45, 2.75) is 45.7 Å². The fourth-order valence-corrected chi connectivity index (χ4v) is 1.58. The zero-order valence-corrected chi connectivity index (χ0v) is 13.9. The predicted octanol–water partition coefficient (Wildman–Crippen LogP) is 1.14. The number of esters is 2. The molecule has 0 saturated carbocycles. The minimum absolute atomic E-state index is 0.00855. The first kappa shape index (κ1) is 19.2.